The van der Waals surface area contributed by atoms with Crippen molar-refractivity contribution >= 4 is 11.8 Å². The summed E-state index contributed by atoms with van der Waals surface area (Å²) >= 11 is 0. The van der Waals surface area contributed by atoms with Crippen molar-refractivity contribution in [1.29, 1.82) is 0 Å². The van der Waals surface area contributed by atoms with Crippen LogP contribution in [0.1, 0.15) is 49.7 Å². The smallest absolute Gasteiger partial charge is 0.335 e. The number of aryl methyl sites for hydroxylation is 1. The number of aliphatic carboxylic acids is 1. The van der Waals surface area contributed by atoms with Gasteiger partial charge in [0.15, 0.2) is 18.2 Å². The van der Waals surface area contributed by atoms with E-state index in [9.17, 15) is 35.1 Å². The normalized spacial score (nSPS) is 44.6. The van der Waals surface area contributed by atoms with Crippen LogP contribution in [0.15, 0.2) is 18.2 Å². The SMILES string of the molecule is C[C@]12CC[C@@H]3c4ccc(O)cc4CC[C@@H]3[C@@H]1C[C@H](O[C@H]1O[C@H](C(=O)O)[C@H](O)[C@H](O)[C@@H]1O)C2=O. The number of ketones is 1. The third-order valence-corrected chi connectivity index (χ3v) is 8.53. The van der Waals surface area contributed by atoms with Crippen LogP contribution in [-0.2, 0) is 25.5 Å². The summed E-state index contributed by atoms with van der Waals surface area (Å²) in [4.78, 5) is 24.8. The molecular weight excluding hydrogens is 432 g/mol. The molecule has 1 aliphatic heterocycles. The molecule has 33 heavy (non-hydrogen) atoms. The van der Waals surface area contributed by atoms with E-state index in [-0.39, 0.29) is 23.4 Å². The van der Waals surface area contributed by atoms with Gasteiger partial charge in [-0.25, -0.2) is 4.79 Å². The lowest BCUT2D eigenvalue weighted by atomic mass is 9.55. The molecule has 1 heterocycles. The molecule has 3 aliphatic carbocycles. The number of phenolic OH excluding ortho intramolecular Hbond substituents is 1. The van der Waals surface area contributed by atoms with E-state index in [1.54, 1.807) is 6.07 Å². The second kappa shape index (κ2) is 8.02. The number of aromatic hydroxyl groups is 1. The van der Waals surface area contributed by atoms with Crippen LogP contribution in [0.5, 0.6) is 5.75 Å². The van der Waals surface area contributed by atoms with Crippen molar-refractivity contribution in [2.75, 3.05) is 0 Å². The third kappa shape index (κ3) is 3.49. The number of phenols is 1. The second-order valence-corrected chi connectivity index (χ2v) is 10.2. The number of benzene rings is 1. The van der Waals surface area contributed by atoms with E-state index in [0.717, 1.165) is 24.8 Å². The highest BCUT2D eigenvalue weighted by atomic mass is 16.7. The van der Waals surface area contributed by atoms with Crippen LogP contribution < -0.4 is 0 Å². The summed E-state index contributed by atoms with van der Waals surface area (Å²) in [6.07, 6.45) is -5.76. The fraction of sp³-hybridized carbons (Fsp3) is 0.667. The van der Waals surface area contributed by atoms with Crippen molar-refractivity contribution in [1.82, 2.24) is 0 Å². The molecule has 180 valence electrons. The predicted octanol–water partition coefficient (Wildman–Crippen LogP) is 0.705. The first kappa shape index (κ1) is 22.7. The van der Waals surface area contributed by atoms with Crippen molar-refractivity contribution in [3.63, 3.8) is 0 Å². The minimum absolute atomic E-state index is 0.0576. The van der Waals surface area contributed by atoms with Crippen molar-refractivity contribution < 1.29 is 44.6 Å². The zero-order valence-electron chi connectivity index (χ0n) is 18.3. The molecule has 4 aliphatic rings. The summed E-state index contributed by atoms with van der Waals surface area (Å²) in [5.41, 5.74) is 1.79. The Balaban J connectivity index is 1.36. The van der Waals surface area contributed by atoms with Gasteiger partial charge < -0.3 is 35.0 Å². The van der Waals surface area contributed by atoms with Crippen LogP contribution in [-0.4, -0.2) is 74.1 Å². The summed E-state index contributed by atoms with van der Waals surface area (Å²) in [7, 11) is 0. The molecule has 5 rings (SSSR count). The maximum absolute atomic E-state index is 13.4. The van der Waals surface area contributed by atoms with Gasteiger partial charge in [0.2, 0.25) is 0 Å². The fourth-order valence-corrected chi connectivity index (χ4v) is 6.78. The van der Waals surface area contributed by atoms with E-state index in [4.69, 9.17) is 9.47 Å². The second-order valence-electron chi connectivity index (χ2n) is 10.2. The average molecular weight is 462 g/mol. The minimum atomic E-state index is -1.81. The van der Waals surface area contributed by atoms with Gasteiger partial charge in [0.25, 0.3) is 0 Å². The van der Waals surface area contributed by atoms with Crippen molar-refractivity contribution in [3.8, 4) is 5.75 Å². The number of carboxylic acid groups (broad SMARTS) is 1. The van der Waals surface area contributed by atoms with Gasteiger partial charge in [0.1, 0.15) is 30.2 Å². The van der Waals surface area contributed by atoms with Gasteiger partial charge in [-0.2, -0.15) is 0 Å². The molecule has 0 unspecified atom stereocenters. The number of aliphatic hydroxyl groups excluding tert-OH is 3. The number of hydrogen-bond acceptors (Lipinski definition) is 8. The number of rotatable bonds is 3. The predicted molar refractivity (Wildman–Crippen MR) is 112 cm³/mol. The average Bonchev–Trinajstić information content (AvgIpc) is 3.03. The number of aliphatic hydroxyl groups is 3. The number of hydrogen-bond donors (Lipinski definition) is 5. The molecule has 0 spiro atoms. The fourth-order valence-electron chi connectivity index (χ4n) is 6.78. The van der Waals surface area contributed by atoms with E-state index in [0.29, 0.717) is 18.8 Å². The Morgan fingerprint density at radius 2 is 1.91 bits per heavy atom. The van der Waals surface area contributed by atoms with E-state index in [2.05, 4.69) is 0 Å². The lowest BCUT2D eigenvalue weighted by molar-refractivity contribution is -0.301. The Bertz CT molecular complexity index is 963. The molecule has 1 saturated heterocycles. The van der Waals surface area contributed by atoms with Crippen LogP contribution >= 0.6 is 0 Å². The molecule has 0 amide bonds. The Morgan fingerprint density at radius 1 is 1.15 bits per heavy atom. The zero-order chi connectivity index (χ0) is 23.7. The Labute approximate surface area is 190 Å². The molecule has 0 aromatic heterocycles. The number of ether oxygens (including phenoxy) is 2. The summed E-state index contributed by atoms with van der Waals surface area (Å²) in [6, 6.07) is 5.52. The van der Waals surface area contributed by atoms with E-state index in [1.165, 1.54) is 5.56 Å². The van der Waals surface area contributed by atoms with Crippen molar-refractivity contribution in [2.45, 2.75) is 81.8 Å². The third-order valence-electron chi connectivity index (χ3n) is 8.53. The Kier molecular flexibility index (Phi) is 5.53. The van der Waals surface area contributed by atoms with Crippen molar-refractivity contribution in [3.05, 3.63) is 29.3 Å². The standard InChI is InChI=1S/C24H30O9/c1-24-7-6-13-12-5-3-11(25)8-10(12)2-4-14(13)15(24)9-16(21(24)29)32-23-19(28)17(26)18(27)20(33-23)22(30)31/h3,5,8,13-20,23,25-28H,2,4,6-7,9H2,1H3,(H,30,31)/t13-,14+,15+,16+,17+,18-,19+,20+,23+,24+/m1/s1. The number of carbonyl (C=O) groups is 2. The topological polar surface area (TPSA) is 154 Å². The van der Waals surface area contributed by atoms with Gasteiger partial charge in [-0.1, -0.05) is 13.0 Å². The molecule has 9 heteroatoms. The Hall–Kier alpha value is -2.04. The van der Waals surface area contributed by atoms with Crippen LogP contribution in [0, 0.1) is 17.3 Å². The van der Waals surface area contributed by atoms with Gasteiger partial charge in [-0.15, -0.1) is 0 Å². The first-order valence-corrected chi connectivity index (χ1v) is 11.6. The molecule has 0 bridgehead atoms. The summed E-state index contributed by atoms with van der Waals surface area (Å²) < 4.78 is 11.1. The van der Waals surface area contributed by atoms with E-state index >= 15 is 0 Å². The maximum atomic E-state index is 13.4. The zero-order valence-corrected chi connectivity index (χ0v) is 18.3. The molecule has 2 saturated carbocycles. The summed E-state index contributed by atoms with van der Waals surface area (Å²) in [6.45, 7) is 1.96. The minimum Gasteiger partial charge on any atom is -0.508 e. The van der Waals surface area contributed by atoms with Crippen LogP contribution in [0.3, 0.4) is 0 Å². The van der Waals surface area contributed by atoms with E-state index in [1.807, 2.05) is 19.1 Å². The molecule has 3 fully saturated rings. The van der Waals surface area contributed by atoms with Gasteiger partial charge >= 0.3 is 5.97 Å². The highest BCUT2D eigenvalue weighted by molar-refractivity contribution is 5.91. The molecule has 1 aromatic carbocycles. The summed E-state index contributed by atoms with van der Waals surface area (Å²) in [5.74, 6) is -0.697. The Morgan fingerprint density at radius 3 is 2.64 bits per heavy atom. The molecule has 0 radical (unpaired) electrons. The lowest BCUT2D eigenvalue weighted by Gasteiger charge is -2.48. The molecule has 5 N–H and O–H groups in total. The highest BCUT2D eigenvalue weighted by Gasteiger charge is 2.60. The highest BCUT2D eigenvalue weighted by Crippen LogP contribution is 2.60. The van der Waals surface area contributed by atoms with Gasteiger partial charge in [0.05, 0.1) is 0 Å². The van der Waals surface area contributed by atoms with Crippen molar-refractivity contribution in [2.24, 2.45) is 17.3 Å². The number of fused-ring (bicyclic) bond motifs is 5. The number of carboxylic acids is 1. The largest absolute Gasteiger partial charge is 0.508 e. The summed E-state index contributed by atoms with van der Waals surface area (Å²) in [5, 5.41) is 49.4. The first-order chi connectivity index (χ1) is 15.6. The monoisotopic (exact) mass is 462 g/mol. The molecule has 9 nitrogen and oxygen atoms in total. The van der Waals surface area contributed by atoms with Gasteiger partial charge in [-0.3, -0.25) is 4.79 Å². The van der Waals surface area contributed by atoms with Gasteiger partial charge in [0, 0.05) is 5.41 Å². The quantitative estimate of drug-likeness (QED) is 0.437. The molecule has 10 atom stereocenters. The lowest BCUT2D eigenvalue weighted by Crippen LogP contribution is -2.61. The molecular formula is C24H30O9. The number of carbonyl (C=O) groups excluding carboxylic acids is 1. The van der Waals surface area contributed by atoms with E-state index < -0.39 is 48.2 Å². The van der Waals surface area contributed by atoms with Gasteiger partial charge in [-0.05, 0) is 73.1 Å². The number of Topliss-reactive ketones (excluding diaryl/α,β-unsaturated/α-hetero) is 1. The first-order valence-electron chi connectivity index (χ1n) is 11.6. The van der Waals surface area contributed by atoms with Crippen LogP contribution in [0.4, 0.5) is 0 Å². The molecule has 1 aromatic rings. The van der Waals surface area contributed by atoms with Crippen LogP contribution in [0.2, 0.25) is 0 Å². The van der Waals surface area contributed by atoms with Crippen LogP contribution in [0.25, 0.3) is 0 Å². The maximum Gasteiger partial charge on any atom is 0.335 e.